The lowest BCUT2D eigenvalue weighted by atomic mass is 9.90. The van der Waals surface area contributed by atoms with Crippen LogP contribution in [0.2, 0.25) is 0 Å². The predicted octanol–water partition coefficient (Wildman–Crippen LogP) is 5.52. The lowest BCUT2D eigenvalue weighted by Gasteiger charge is -2.32. The molecular weight excluding hydrogens is 321 g/mol. The molecule has 0 amide bonds. The summed E-state index contributed by atoms with van der Waals surface area (Å²) < 4.78 is 88.6. The van der Waals surface area contributed by atoms with Gasteiger partial charge in [-0.25, -0.2) is 17.6 Å². The molecule has 2 rings (SSSR count). The van der Waals surface area contributed by atoms with Crippen molar-refractivity contribution in [2.24, 2.45) is 0 Å². The Morgan fingerprint density at radius 1 is 1.00 bits per heavy atom. The minimum atomic E-state index is -4.77. The van der Waals surface area contributed by atoms with Crippen molar-refractivity contribution in [1.29, 1.82) is 0 Å². The van der Waals surface area contributed by atoms with E-state index >= 15 is 0 Å². The Hall–Kier alpha value is -1.44. The number of benzene rings is 1. The molecule has 1 atom stereocenters. The van der Waals surface area contributed by atoms with E-state index < -0.39 is 51.7 Å². The zero-order valence-electron chi connectivity index (χ0n) is 10.1. The number of hydrogen-bond acceptors (Lipinski definition) is 1. The van der Waals surface area contributed by atoms with Gasteiger partial charge in [0.25, 0.3) is 0 Å². The average molecular weight is 328 g/mol. The molecule has 0 fully saturated rings. The van der Waals surface area contributed by atoms with E-state index in [2.05, 4.69) is 0 Å². The number of alkyl halides is 3. The summed E-state index contributed by atoms with van der Waals surface area (Å²) in [5, 5.41) is 0. The molecule has 1 aliphatic rings. The molecule has 0 bridgehead atoms. The maximum absolute atomic E-state index is 13.4. The third-order valence-corrected chi connectivity index (χ3v) is 3.99. The smallest absolute Gasteiger partial charge is 0.209 e. The van der Waals surface area contributed by atoms with Crippen LogP contribution in [0.3, 0.4) is 0 Å². The number of hydrogen-bond donors (Lipinski definition) is 0. The fraction of sp³-hybridized carbons (Fsp3) is 0.231. The van der Waals surface area contributed by atoms with Crippen LogP contribution in [-0.4, -0.2) is 5.51 Å². The van der Waals surface area contributed by atoms with E-state index in [1.54, 1.807) is 0 Å². The Morgan fingerprint density at radius 3 is 2.19 bits per heavy atom. The van der Waals surface area contributed by atoms with E-state index in [1.165, 1.54) is 0 Å². The third kappa shape index (κ3) is 3.42. The lowest BCUT2D eigenvalue weighted by molar-refractivity contribution is -0.0341. The predicted molar refractivity (Wildman–Crippen MR) is 64.7 cm³/mol. The highest BCUT2D eigenvalue weighted by Crippen LogP contribution is 2.53. The van der Waals surface area contributed by atoms with E-state index in [4.69, 9.17) is 0 Å². The quantitative estimate of drug-likeness (QED) is 0.644. The van der Waals surface area contributed by atoms with Gasteiger partial charge in [0, 0.05) is 6.42 Å². The van der Waals surface area contributed by atoms with Gasteiger partial charge in [0.15, 0.2) is 17.5 Å². The molecule has 1 aromatic carbocycles. The van der Waals surface area contributed by atoms with Crippen molar-refractivity contribution in [3.8, 4) is 0 Å². The summed E-state index contributed by atoms with van der Waals surface area (Å²) in [6.45, 7) is 0. The molecule has 0 nitrogen and oxygen atoms in total. The van der Waals surface area contributed by atoms with Crippen molar-refractivity contribution < 1.29 is 30.7 Å². The third-order valence-electron chi connectivity index (χ3n) is 2.88. The van der Waals surface area contributed by atoms with Gasteiger partial charge < -0.3 is 0 Å². The molecule has 0 aliphatic heterocycles. The molecule has 0 saturated carbocycles. The van der Waals surface area contributed by atoms with E-state index in [1.807, 2.05) is 0 Å². The van der Waals surface area contributed by atoms with Crippen LogP contribution in [0.25, 0.3) is 0 Å². The summed E-state index contributed by atoms with van der Waals surface area (Å²) in [4.78, 5) is 0. The monoisotopic (exact) mass is 328 g/mol. The normalized spacial score (nSPS) is 22.8. The summed E-state index contributed by atoms with van der Waals surface area (Å²) in [5.74, 6) is -5.26. The van der Waals surface area contributed by atoms with Gasteiger partial charge in [-0.15, -0.1) is 0 Å². The van der Waals surface area contributed by atoms with E-state index in [-0.39, 0.29) is 5.56 Å². The molecule has 0 saturated heterocycles. The Bertz CT molecular complexity index is 617. The standard InChI is InChI=1S/C13H7F7S/c14-8-2-1-7(5-10(8)16)12(21-13(18,19)20)4-3-9(15)11(17)6-12/h1-5H,6H2. The number of halogens is 7. The molecule has 114 valence electrons. The Balaban J connectivity index is 2.52. The molecule has 0 spiro atoms. The first-order valence-corrected chi connectivity index (χ1v) is 6.40. The second-order valence-corrected chi connectivity index (χ2v) is 5.72. The first-order valence-electron chi connectivity index (χ1n) is 5.59. The van der Waals surface area contributed by atoms with Gasteiger partial charge in [0.2, 0.25) is 0 Å². The first kappa shape index (κ1) is 15.9. The number of thioether (sulfide) groups is 1. The summed E-state index contributed by atoms with van der Waals surface area (Å²) in [6, 6.07) is 2.11. The van der Waals surface area contributed by atoms with E-state index in [0.29, 0.717) is 18.2 Å². The Labute approximate surface area is 119 Å². The molecule has 1 unspecified atom stereocenters. The van der Waals surface area contributed by atoms with Crippen LogP contribution in [0.5, 0.6) is 0 Å². The lowest BCUT2D eigenvalue weighted by Crippen LogP contribution is -2.26. The molecular formula is C13H7F7S. The van der Waals surface area contributed by atoms with Gasteiger partial charge in [-0.3, -0.25) is 0 Å². The van der Waals surface area contributed by atoms with Gasteiger partial charge in [0.05, 0.1) is 4.75 Å². The second kappa shape index (κ2) is 5.40. The van der Waals surface area contributed by atoms with Gasteiger partial charge >= 0.3 is 5.51 Å². The van der Waals surface area contributed by atoms with Gasteiger partial charge in [-0.05, 0) is 35.5 Å². The van der Waals surface area contributed by atoms with Crippen molar-refractivity contribution in [3.05, 3.63) is 59.2 Å². The van der Waals surface area contributed by atoms with Crippen LogP contribution in [-0.2, 0) is 4.75 Å². The van der Waals surface area contributed by atoms with Crippen molar-refractivity contribution in [2.45, 2.75) is 16.7 Å². The minimum Gasteiger partial charge on any atom is -0.209 e. The highest BCUT2D eigenvalue weighted by atomic mass is 32.2. The largest absolute Gasteiger partial charge is 0.443 e. The average Bonchev–Trinajstić information content (AvgIpc) is 2.35. The number of rotatable bonds is 2. The van der Waals surface area contributed by atoms with Crippen LogP contribution in [0, 0.1) is 11.6 Å². The molecule has 0 N–H and O–H groups in total. The SMILES string of the molecule is FC1=C(F)CC(SC(F)(F)F)(c2ccc(F)c(F)c2)C=C1. The first-order chi connectivity index (χ1) is 9.63. The molecule has 0 aromatic heterocycles. The summed E-state index contributed by atoms with van der Waals surface area (Å²) in [5.41, 5.74) is -5.08. The number of allylic oxidation sites excluding steroid dienone is 3. The van der Waals surface area contributed by atoms with Gasteiger partial charge in [-0.2, -0.15) is 13.2 Å². The van der Waals surface area contributed by atoms with Gasteiger partial charge in [-0.1, -0.05) is 12.1 Å². The molecule has 1 aromatic rings. The zero-order valence-corrected chi connectivity index (χ0v) is 11.0. The fourth-order valence-electron chi connectivity index (χ4n) is 1.97. The summed E-state index contributed by atoms with van der Waals surface area (Å²) in [7, 11) is 0. The molecule has 21 heavy (non-hydrogen) atoms. The van der Waals surface area contributed by atoms with E-state index in [0.717, 1.165) is 12.1 Å². The Morgan fingerprint density at radius 2 is 1.67 bits per heavy atom. The van der Waals surface area contributed by atoms with Crippen molar-refractivity contribution in [2.75, 3.05) is 0 Å². The van der Waals surface area contributed by atoms with Crippen molar-refractivity contribution in [1.82, 2.24) is 0 Å². The van der Waals surface area contributed by atoms with Crippen LogP contribution in [0.15, 0.2) is 42.0 Å². The van der Waals surface area contributed by atoms with Crippen LogP contribution in [0.1, 0.15) is 12.0 Å². The van der Waals surface area contributed by atoms with Gasteiger partial charge in [0.1, 0.15) is 5.83 Å². The summed E-state index contributed by atoms with van der Waals surface area (Å²) in [6.07, 6.45) is 0.416. The summed E-state index contributed by atoms with van der Waals surface area (Å²) >= 11 is -0.618. The minimum absolute atomic E-state index is 0.303. The molecule has 0 radical (unpaired) electrons. The van der Waals surface area contributed by atoms with E-state index in [9.17, 15) is 30.7 Å². The molecule has 0 heterocycles. The maximum Gasteiger partial charge on any atom is 0.443 e. The van der Waals surface area contributed by atoms with Crippen LogP contribution >= 0.6 is 11.8 Å². The van der Waals surface area contributed by atoms with Crippen LogP contribution in [0.4, 0.5) is 30.7 Å². The molecule has 8 heteroatoms. The fourth-order valence-corrected chi connectivity index (χ4v) is 2.96. The molecule has 1 aliphatic carbocycles. The van der Waals surface area contributed by atoms with Crippen molar-refractivity contribution in [3.63, 3.8) is 0 Å². The highest BCUT2D eigenvalue weighted by molar-refractivity contribution is 8.01. The highest BCUT2D eigenvalue weighted by Gasteiger charge is 2.45. The topological polar surface area (TPSA) is 0 Å². The zero-order chi connectivity index (χ0) is 15.8. The Kier molecular flexibility index (Phi) is 4.10. The second-order valence-electron chi connectivity index (χ2n) is 4.33. The van der Waals surface area contributed by atoms with Crippen LogP contribution < -0.4 is 0 Å². The maximum atomic E-state index is 13.4. The van der Waals surface area contributed by atoms with Crippen molar-refractivity contribution >= 4 is 11.8 Å².